The summed E-state index contributed by atoms with van der Waals surface area (Å²) >= 11 is 0. The van der Waals surface area contributed by atoms with Crippen molar-refractivity contribution >= 4 is 5.91 Å². The number of carbonyl (C=O) groups excluding carboxylic acids is 1. The Bertz CT molecular complexity index is 279. The van der Waals surface area contributed by atoms with Crippen molar-refractivity contribution in [3.63, 3.8) is 0 Å². The number of nitrogens with one attached hydrogen (secondary N) is 1. The monoisotopic (exact) mass is 256 g/mol. The van der Waals surface area contributed by atoms with E-state index in [2.05, 4.69) is 17.1 Å². The molecule has 0 aliphatic carbocycles. The lowest BCUT2D eigenvalue weighted by atomic mass is 10.2. The molecular formula is C13H24N2O3. The van der Waals surface area contributed by atoms with Gasteiger partial charge in [-0.2, -0.15) is 0 Å². The highest BCUT2D eigenvalue weighted by atomic mass is 16.5. The second kappa shape index (κ2) is 6.50. The van der Waals surface area contributed by atoms with Crippen molar-refractivity contribution in [3.8, 4) is 0 Å². The third kappa shape index (κ3) is 3.93. The predicted octanol–water partition coefficient (Wildman–Crippen LogP) is 0.391. The largest absolute Gasteiger partial charge is 0.376 e. The zero-order chi connectivity index (χ0) is 13.0. The Morgan fingerprint density at radius 2 is 2.22 bits per heavy atom. The van der Waals surface area contributed by atoms with E-state index >= 15 is 0 Å². The first-order valence-electron chi connectivity index (χ1n) is 6.89. The Morgan fingerprint density at radius 3 is 2.94 bits per heavy atom. The van der Waals surface area contributed by atoms with E-state index in [1.807, 2.05) is 6.92 Å². The minimum absolute atomic E-state index is 0.0893. The molecule has 0 unspecified atom stereocenters. The first-order chi connectivity index (χ1) is 8.65. The lowest BCUT2D eigenvalue weighted by molar-refractivity contribution is -0.126. The summed E-state index contributed by atoms with van der Waals surface area (Å²) in [5.41, 5.74) is 0. The first kappa shape index (κ1) is 13.8. The summed E-state index contributed by atoms with van der Waals surface area (Å²) in [7, 11) is 0. The van der Waals surface area contributed by atoms with Gasteiger partial charge in [0.05, 0.1) is 25.4 Å². The van der Waals surface area contributed by atoms with Crippen LogP contribution >= 0.6 is 0 Å². The number of hydrogen-bond donors (Lipinski definition) is 1. The first-order valence-corrected chi connectivity index (χ1v) is 6.89. The number of nitrogens with zero attached hydrogens (tertiary/aromatic N) is 1. The predicted molar refractivity (Wildman–Crippen MR) is 68.4 cm³/mol. The molecular weight excluding hydrogens is 232 g/mol. The standard InChI is InChI=1S/C13H24N2O3/c1-10-9-18-11(2)7-15(10)8-13(16)14-6-12-4-3-5-17-12/h10-12H,3-9H2,1-2H3,(H,14,16)/t10-,11-,12+/m1/s1. The van der Waals surface area contributed by atoms with E-state index in [4.69, 9.17) is 9.47 Å². The Morgan fingerprint density at radius 1 is 1.39 bits per heavy atom. The van der Waals surface area contributed by atoms with Crippen LogP contribution in [0.3, 0.4) is 0 Å². The minimum atomic E-state index is 0.0893. The van der Waals surface area contributed by atoms with Gasteiger partial charge in [0.1, 0.15) is 0 Å². The maximum Gasteiger partial charge on any atom is 0.234 e. The Kier molecular flexibility index (Phi) is 4.97. The van der Waals surface area contributed by atoms with Gasteiger partial charge in [-0.3, -0.25) is 9.69 Å². The van der Waals surface area contributed by atoms with E-state index in [0.29, 0.717) is 25.7 Å². The molecule has 1 N–H and O–H groups in total. The summed E-state index contributed by atoms with van der Waals surface area (Å²) in [6, 6.07) is 0.315. The van der Waals surface area contributed by atoms with Gasteiger partial charge >= 0.3 is 0 Å². The van der Waals surface area contributed by atoms with Gasteiger partial charge in [-0.1, -0.05) is 0 Å². The van der Waals surface area contributed by atoms with Crippen LogP contribution in [0.2, 0.25) is 0 Å². The molecule has 2 aliphatic heterocycles. The van der Waals surface area contributed by atoms with Crippen LogP contribution in [0.25, 0.3) is 0 Å². The summed E-state index contributed by atoms with van der Waals surface area (Å²) in [6.45, 7) is 7.62. The van der Waals surface area contributed by atoms with Crippen molar-refractivity contribution in [3.05, 3.63) is 0 Å². The minimum Gasteiger partial charge on any atom is -0.376 e. The van der Waals surface area contributed by atoms with Crippen molar-refractivity contribution in [1.29, 1.82) is 0 Å². The van der Waals surface area contributed by atoms with Crippen molar-refractivity contribution in [1.82, 2.24) is 10.2 Å². The number of ether oxygens (including phenoxy) is 2. The number of morpholine rings is 1. The summed E-state index contributed by atoms with van der Waals surface area (Å²) in [5.74, 6) is 0.0893. The molecule has 2 heterocycles. The Labute approximate surface area is 109 Å². The number of hydrogen-bond acceptors (Lipinski definition) is 4. The van der Waals surface area contributed by atoms with Gasteiger partial charge in [0, 0.05) is 25.7 Å². The van der Waals surface area contributed by atoms with Crippen molar-refractivity contribution in [2.45, 2.75) is 44.9 Å². The molecule has 2 saturated heterocycles. The fraction of sp³-hybridized carbons (Fsp3) is 0.923. The molecule has 0 aromatic heterocycles. The van der Waals surface area contributed by atoms with Crippen LogP contribution in [0.5, 0.6) is 0 Å². The molecule has 0 spiro atoms. The molecule has 2 rings (SSSR count). The van der Waals surface area contributed by atoms with E-state index in [0.717, 1.165) is 26.0 Å². The summed E-state index contributed by atoms with van der Waals surface area (Å²) in [5, 5.41) is 2.96. The summed E-state index contributed by atoms with van der Waals surface area (Å²) < 4.78 is 11.0. The zero-order valence-corrected chi connectivity index (χ0v) is 11.4. The highest BCUT2D eigenvalue weighted by Gasteiger charge is 2.25. The molecule has 104 valence electrons. The van der Waals surface area contributed by atoms with Crippen LogP contribution in [-0.2, 0) is 14.3 Å². The van der Waals surface area contributed by atoms with Crippen LogP contribution in [0, 0.1) is 0 Å². The molecule has 2 fully saturated rings. The highest BCUT2D eigenvalue weighted by molar-refractivity contribution is 5.78. The van der Waals surface area contributed by atoms with Gasteiger partial charge in [-0.05, 0) is 26.7 Å². The summed E-state index contributed by atoms with van der Waals surface area (Å²) in [4.78, 5) is 14.1. The van der Waals surface area contributed by atoms with E-state index in [1.165, 1.54) is 0 Å². The lowest BCUT2D eigenvalue weighted by Gasteiger charge is -2.36. The second-order valence-corrected chi connectivity index (χ2v) is 5.36. The molecule has 2 aliphatic rings. The lowest BCUT2D eigenvalue weighted by Crippen LogP contribution is -2.51. The number of amides is 1. The Hall–Kier alpha value is -0.650. The van der Waals surface area contributed by atoms with Crippen LogP contribution in [0.1, 0.15) is 26.7 Å². The topological polar surface area (TPSA) is 50.8 Å². The van der Waals surface area contributed by atoms with Crippen molar-refractivity contribution < 1.29 is 14.3 Å². The third-order valence-electron chi connectivity index (χ3n) is 3.63. The van der Waals surface area contributed by atoms with E-state index in [-0.39, 0.29) is 18.1 Å². The van der Waals surface area contributed by atoms with Crippen LogP contribution in [-0.4, -0.2) is 61.9 Å². The van der Waals surface area contributed by atoms with Crippen LogP contribution in [0.4, 0.5) is 0 Å². The van der Waals surface area contributed by atoms with Gasteiger partial charge in [-0.15, -0.1) is 0 Å². The quantitative estimate of drug-likeness (QED) is 0.790. The zero-order valence-electron chi connectivity index (χ0n) is 11.4. The molecule has 5 nitrogen and oxygen atoms in total. The van der Waals surface area contributed by atoms with Gasteiger partial charge in [0.2, 0.25) is 5.91 Å². The molecule has 0 bridgehead atoms. The number of rotatable bonds is 4. The number of carbonyl (C=O) groups is 1. The van der Waals surface area contributed by atoms with E-state index in [1.54, 1.807) is 0 Å². The summed E-state index contributed by atoms with van der Waals surface area (Å²) in [6.07, 6.45) is 2.60. The van der Waals surface area contributed by atoms with Gasteiger partial charge in [0.15, 0.2) is 0 Å². The van der Waals surface area contributed by atoms with Crippen molar-refractivity contribution in [2.24, 2.45) is 0 Å². The maximum atomic E-state index is 11.9. The SMILES string of the molecule is C[C@@H]1CN(CC(=O)NC[C@@H]2CCCO2)[C@H](C)CO1. The average molecular weight is 256 g/mol. The third-order valence-corrected chi connectivity index (χ3v) is 3.63. The van der Waals surface area contributed by atoms with Gasteiger partial charge in [-0.25, -0.2) is 0 Å². The molecule has 0 saturated carbocycles. The van der Waals surface area contributed by atoms with Gasteiger partial charge in [0.25, 0.3) is 0 Å². The molecule has 0 aromatic carbocycles. The fourth-order valence-electron chi connectivity index (χ4n) is 2.47. The molecule has 5 heteroatoms. The molecule has 0 aromatic rings. The van der Waals surface area contributed by atoms with Crippen LogP contribution in [0.15, 0.2) is 0 Å². The maximum absolute atomic E-state index is 11.9. The molecule has 18 heavy (non-hydrogen) atoms. The van der Waals surface area contributed by atoms with Crippen molar-refractivity contribution in [2.75, 3.05) is 32.8 Å². The average Bonchev–Trinajstić information content (AvgIpc) is 2.84. The molecule has 3 atom stereocenters. The Balaban J connectivity index is 1.69. The molecule has 0 radical (unpaired) electrons. The van der Waals surface area contributed by atoms with E-state index in [9.17, 15) is 4.79 Å². The fourth-order valence-corrected chi connectivity index (χ4v) is 2.47. The normalized spacial score (nSPS) is 33.6. The highest BCUT2D eigenvalue weighted by Crippen LogP contribution is 2.12. The van der Waals surface area contributed by atoms with Crippen LogP contribution < -0.4 is 5.32 Å². The van der Waals surface area contributed by atoms with Gasteiger partial charge < -0.3 is 14.8 Å². The second-order valence-electron chi connectivity index (χ2n) is 5.36. The smallest absolute Gasteiger partial charge is 0.234 e. The molecule has 1 amide bonds. The van der Waals surface area contributed by atoms with E-state index < -0.39 is 0 Å².